The van der Waals surface area contributed by atoms with Gasteiger partial charge in [0, 0.05) is 25.0 Å². The number of pyridine rings is 1. The van der Waals surface area contributed by atoms with Crippen LogP contribution in [0.15, 0.2) is 35.7 Å². The Kier molecular flexibility index (Phi) is 4.73. The fourth-order valence-corrected chi connectivity index (χ4v) is 2.52. The molecule has 0 radical (unpaired) electrons. The monoisotopic (exact) mass is 261 g/mol. The molecule has 2 aromatic rings. The van der Waals surface area contributed by atoms with E-state index in [2.05, 4.69) is 45.8 Å². The number of nitrogens with zero attached hydrogens (tertiary/aromatic N) is 2. The van der Waals surface area contributed by atoms with Crippen LogP contribution in [0, 0.1) is 0 Å². The minimum absolute atomic E-state index is 0.890. The van der Waals surface area contributed by atoms with Crippen molar-refractivity contribution < 1.29 is 0 Å². The standard InChI is InChI=1S/C14H19N3S/c1-15-14-7-3-5-12(16-14)11-17(2)9-8-13-6-4-10-18-13/h3-7,10H,8-9,11H2,1-2H3,(H,15,16). The van der Waals surface area contributed by atoms with Gasteiger partial charge in [0.2, 0.25) is 0 Å². The van der Waals surface area contributed by atoms with E-state index in [9.17, 15) is 0 Å². The Balaban J connectivity index is 1.84. The predicted octanol–water partition coefficient (Wildman–Crippen LogP) is 2.86. The Bertz CT molecular complexity index is 468. The van der Waals surface area contributed by atoms with E-state index in [1.165, 1.54) is 4.88 Å². The van der Waals surface area contributed by atoms with E-state index in [-0.39, 0.29) is 0 Å². The Morgan fingerprint density at radius 1 is 1.28 bits per heavy atom. The van der Waals surface area contributed by atoms with Crippen LogP contribution in [0.1, 0.15) is 10.6 Å². The largest absolute Gasteiger partial charge is 0.373 e. The van der Waals surface area contributed by atoms with Crippen molar-refractivity contribution in [2.24, 2.45) is 0 Å². The van der Waals surface area contributed by atoms with E-state index in [0.29, 0.717) is 0 Å². The van der Waals surface area contributed by atoms with Crippen LogP contribution < -0.4 is 5.32 Å². The third kappa shape index (κ3) is 3.82. The van der Waals surface area contributed by atoms with Crippen LogP contribution in [0.3, 0.4) is 0 Å². The van der Waals surface area contributed by atoms with Crippen LogP contribution >= 0.6 is 11.3 Å². The van der Waals surface area contributed by atoms with Crippen molar-refractivity contribution in [3.63, 3.8) is 0 Å². The molecule has 18 heavy (non-hydrogen) atoms. The Hall–Kier alpha value is -1.39. The molecule has 0 spiro atoms. The second kappa shape index (κ2) is 6.52. The highest BCUT2D eigenvalue weighted by atomic mass is 32.1. The summed E-state index contributed by atoms with van der Waals surface area (Å²) in [5, 5.41) is 5.20. The van der Waals surface area contributed by atoms with Crippen LogP contribution in [0.25, 0.3) is 0 Å². The average Bonchev–Trinajstić information content (AvgIpc) is 2.90. The molecule has 0 atom stereocenters. The van der Waals surface area contributed by atoms with E-state index in [1.807, 2.05) is 30.5 Å². The van der Waals surface area contributed by atoms with Gasteiger partial charge in [-0.15, -0.1) is 11.3 Å². The second-order valence-electron chi connectivity index (χ2n) is 4.33. The van der Waals surface area contributed by atoms with E-state index >= 15 is 0 Å². The van der Waals surface area contributed by atoms with E-state index in [1.54, 1.807) is 0 Å². The van der Waals surface area contributed by atoms with Crippen molar-refractivity contribution in [3.8, 4) is 0 Å². The van der Waals surface area contributed by atoms with Gasteiger partial charge < -0.3 is 10.2 Å². The smallest absolute Gasteiger partial charge is 0.126 e. The normalized spacial score (nSPS) is 10.8. The van der Waals surface area contributed by atoms with Crippen molar-refractivity contribution >= 4 is 17.2 Å². The molecule has 0 amide bonds. The minimum atomic E-state index is 0.890. The van der Waals surface area contributed by atoms with Gasteiger partial charge in [-0.25, -0.2) is 4.98 Å². The first kappa shape index (κ1) is 13.1. The predicted molar refractivity (Wildman–Crippen MR) is 78.1 cm³/mol. The first-order valence-electron chi connectivity index (χ1n) is 6.12. The first-order valence-corrected chi connectivity index (χ1v) is 7.00. The van der Waals surface area contributed by atoms with Crippen LogP contribution in [0.5, 0.6) is 0 Å². The summed E-state index contributed by atoms with van der Waals surface area (Å²) in [7, 11) is 4.04. The number of aromatic nitrogens is 1. The van der Waals surface area contributed by atoms with Crippen LogP contribution in [-0.2, 0) is 13.0 Å². The molecule has 0 unspecified atom stereocenters. The van der Waals surface area contributed by atoms with Crippen molar-refractivity contribution in [1.29, 1.82) is 0 Å². The highest BCUT2D eigenvalue weighted by molar-refractivity contribution is 7.09. The summed E-state index contributed by atoms with van der Waals surface area (Å²) in [6, 6.07) is 10.4. The zero-order valence-corrected chi connectivity index (χ0v) is 11.7. The number of hydrogen-bond acceptors (Lipinski definition) is 4. The molecular formula is C14H19N3S. The summed E-state index contributed by atoms with van der Waals surface area (Å²) in [6.45, 7) is 1.95. The van der Waals surface area contributed by atoms with E-state index < -0.39 is 0 Å². The molecule has 0 saturated heterocycles. The third-order valence-electron chi connectivity index (χ3n) is 2.81. The average molecular weight is 261 g/mol. The number of thiophene rings is 1. The number of likely N-dealkylation sites (N-methyl/N-ethyl adjacent to an activating group) is 1. The first-order chi connectivity index (χ1) is 8.78. The highest BCUT2D eigenvalue weighted by Gasteiger charge is 2.03. The topological polar surface area (TPSA) is 28.2 Å². The van der Waals surface area contributed by atoms with Gasteiger partial charge in [0.1, 0.15) is 5.82 Å². The van der Waals surface area contributed by atoms with E-state index in [4.69, 9.17) is 0 Å². The SMILES string of the molecule is CNc1cccc(CN(C)CCc2cccs2)n1. The molecule has 0 aliphatic heterocycles. The van der Waals surface area contributed by atoms with Crippen LogP contribution in [0.2, 0.25) is 0 Å². The number of rotatable bonds is 6. The van der Waals surface area contributed by atoms with Gasteiger partial charge in [0.05, 0.1) is 5.69 Å². The molecule has 0 fully saturated rings. The van der Waals surface area contributed by atoms with Gasteiger partial charge in [0.15, 0.2) is 0 Å². The van der Waals surface area contributed by atoms with E-state index in [0.717, 1.165) is 31.0 Å². The lowest BCUT2D eigenvalue weighted by Gasteiger charge is -2.16. The fraction of sp³-hybridized carbons (Fsp3) is 0.357. The van der Waals surface area contributed by atoms with Crippen LogP contribution in [0.4, 0.5) is 5.82 Å². The molecular weight excluding hydrogens is 242 g/mol. The van der Waals surface area contributed by atoms with Crippen molar-refractivity contribution in [3.05, 3.63) is 46.3 Å². The molecule has 3 nitrogen and oxygen atoms in total. The Morgan fingerprint density at radius 2 is 2.17 bits per heavy atom. The summed E-state index contributed by atoms with van der Waals surface area (Å²) in [4.78, 5) is 8.28. The molecule has 4 heteroatoms. The highest BCUT2D eigenvalue weighted by Crippen LogP contribution is 2.11. The Morgan fingerprint density at radius 3 is 2.89 bits per heavy atom. The lowest BCUT2D eigenvalue weighted by atomic mass is 10.3. The van der Waals surface area contributed by atoms with Gasteiger partial charge in [-0.1, -0.05) is 12.1 Å². The third-order valence-corrected chi connectivity index (χ3v) is 3.75. The van der Waals surface area contributed by atoms with Gasteiger partial charge in [-0.05, 0) is 37.0 Å². The number of anilines is 1. The second-order valence-corrected chi connectivity index (χ2v) is 5.36. The zero-order valence-electron chi connectivity index (χ0n) is 10.9. The fourth-order valence-electron chi connectivity index (χ4n) is 1.82. The zero-order chi connectivity index (χ0) is 12.8. The molecule has 0 saturated carbocycles. The van der Waals surface area contributed by atoms with Gasteiger partial charge >= 0.3 is 0 Å². The minimum Gasteiger partial charge on any atom is -0.373 e. The number of nitrogens with one attached hydrogen (secondary N) is 1. The van der Waals surface area contributed by atoms with Crippen molar-refractivity contribution in [2.45, 2.75) is 13.0 Å². The van der Waals surface area contributed by atoms with Gasteiger partial charge in [-0.2, -0.15) is 0 Å². The maximum absolute atomic E-state index is 4.53. The molecule has 96 valence electrons. The van der Waals surface area contributed by atoms with Crippen molar-refractivity contribution in [1.82, 2.24) is 9.88 Å². The quantitative estimate of drug-likeness (QED) is 0.866. The summed E-state index contributed by atoms with van der Waals surface area (Å²) in [6.07, 6.45) is 1.11. The number of hydrogen-bond donors (Lipinski definition) is 1. The Labute approximate surface area is 112 Å². The molecule has 0 aromatic carbocycles. The summed E-state index contributed by atoms with van der Waals surface area (Å²) >= 11 is 1.82. The van der Waals surface area contributed by atoms with Gasteiger partial charge in [0.25, 0.3) is 0 Å². The molecule has 0 aliphatic carbocycles. The maximum Gasteiger partial charge on any atom is 0.126 e. The summed E-state index contributed by atoms with van der Waals surface area (Å²) < 4.78 is 0. The summed E-state index contributed by atoms with van der Waals surface area (Å²) in [5.41, 5.74) is 1.11. The maximum atomic E-state index is 4.53. The van der Waals surface area contributed by atoms with Crippen LogP contribution in [-0.4, -0.2) is 30.5 Å². The molecule has 2 rings (SSSR count). The lowest BCUT2D eigenvalue weighted by molar-refractivity contribution is 0.328. The molecule has 2 heterocycles. The summed E-state index contributed by atoms with van der Waals surface area (Å²) in [5.74, 6) is 0.930. The molecule has 0 bridgehead atoms. The lowest BCUT2D eigenvalue weighted by Crippen LogP contribution is -2.21. The molecule has 0 aliphatic rings. The molecule has 2 aromatic heterocycles. The molecule has 1 N–H and O–H groups in total. The van der Waals surface area contributed by atoms with Crippen molar-refractivity contribution in [2.75, 3.05) is 26.0 Å². The van der Waals surface area contributed by atoms with Gasteiger partial charge in [-0.3, -0.25) is 0 Å².